The summed E-state index contributed by atoms with van der Waals surface area (Å²) in [7, 11) is 2.49. The Morgan fingerprint density at radius 3 is 1.88 bits per heavy atom. The molecule has 0 spiro atoms. The van der Waals surface area contributed by atoms with Gasteiger partial charge in [-0.2, -0.15) is 0 Å². The highest BCUT2D eigenvalue weighted by molar-refractivity contribution is 5.96. The average Bonchev–Trinajstić information content (AvgIpc) is 2.55. The Hall–Kier alpha value is -2.57. The van der Waals surface area contributed by atoms with E-state index >= 15 is 0 Å². The second-order valence-electron chi connectivity index (χ2n) is 6.27. The number of carbonyl (C=O) groups excluding carboxylic acids is 3. The lowest BCUT2D eigenvalue weighted by Crippen LogP contribution is -2.24. The number of ether oxygens (including phenoxy) is 4. The molecule has 7 heteroatoms. The summed E-state index contributed by atoms with van der Waals surface area (Å²) in [5.41, 5.74) is -0.178. The number of methoxy groups -OCH3 is 2. The molecular formula is C18H24O7. The highest BCUT2D eigenvalue weighted by Gasteiger charge is 2.16. The number of hydrogen-bond donors (Lipinski definition) is 0. The minimum atomic E-state index is -0.593. The van der Waals surface area contributed by atoms with E-state index in [1.165, 1.54) is 32.4 Å². The van der Waals surface area contributed by atoms with Gasteiger partial charge in [0.1, 0.15) is 11.4 Å². The SMILES string of the molecule is COC(=O)c1cc(OCCCC(=O)OC(C)(C)C)cc(C(=O)OC)c1. The Bertz CT molecular complexity index is 595. The van der Waals surface area contributed by atoms with E-state index in [0.717, 1.165) is 0 Å². The number of carbonyl (C=O) groups is 3. The number of hydrogen-bond acceptors (Lipinski definition) is 7. The molecule has 0 fully saturated rings. The Morgan fingerprint density at radius 2 is 1.44 bits per heavy atom. The van der Waals surface area contributed by atoms with Crippen molar-refractivity contribution in [1.29, 1.82) is 0 Å². The van der Waals surface area contributed by atoms with Crippen LogP contribution in [0.1, 0.15) is 54.3 Å². The molecular weight excluding hydrogens is 328 g/mol. The van der Waals surface area contributed by atoms with Crippen molar-refractivity contribution in [2.24, 2.45) is 0 Å². The van der Waals surface area contributed by atoms with Gasteiger partial charge >= 0.3 is 17.9 Å². The molecule has 1 aromatic rings. The van der Waals surface area contributed by atoms with E-state index in [4.69, 9.17) is 9.47 Å². The van der Waals surface area contributed by atoms with Crippen molar-refractivity contribution in [3.05, 3.63) is 29.3 Å². The van der Waals surface area contributed by atoms with Crippen LogP contribution in [0.25, 0.3) is 0 Å². The summed E-state index contributed by atoms with van der Waals surface area (Å²) in [6.07, 6.45) is 0.642. The van der Waals surface area contributed by atoms with Crippen molar-refractivity contribution >= 4 is 17.9 Å². The molecule has 0 heterocycles. The van der Waals surface area contributed by atoms with Gasteiger partial charge in [0.05, 0.1) is 32.0 Å². The fourth-order valence-corrected chi connectivity index (χ4v) is 1.95. The molecule has 0 radical (unpaired) electrons. The Balaban J connectivity index is 2.70. The molecule has 0 N–H and O–H groups in total. The number of rotatable bonds is 7. The lowest BCUT2D eigenvalue weighted by Gasteiger charge is -2.19. The van der Waals surface area contributed by atoms with Crippen molar-refractivity contribution in [2.75, 3.05) is 20.8 Å². The molecule has 0 aromatic heterocycles. The van der Waals surface area contributed by atoms with Gasteiger partial charge in [-0.15, -0.1) is 0 Å². The summed E-state index contributed by atoms with van der Waals surface area (Å²) in [5.74, 6) is -1.18. The van der Waals surface area contributed by atoms with Crippen LogP contribution in [0.4, 0.5) is 0 Å². The maximum atomic E-state index is 11.7. The predicted octanol–water partition coefficient (Wildman–Crippen LogP) is 2.76. The van der Waals surface area contributed by atoms with E-state index in [-0.39, 0.29) is 30.1 Å². The molecule has 1 rings (SSSR count). The van der Waals surface area contributed by atoms with Gasteiger partial charge in [-0.25, -0.2) is 9.59 Å². The maximum absolute atomic E-state index is 11.7. The zero-order chi connectivity index (χ0) is 19.0. The second kappa shape index (κ2) is 9.05. The molecule has 0 saturated carbocycles. The second-order valence-corrected chi connectivity index (χ2v) is 6.27. The summed E-state index contributed by atoms with van der Waals surface area (Å²) in [6, 6.07) is 4.29. The highest BCUT2D eigenvalue weighted by atomic mass is 16.6. The monoisotopic (exact) mass is 352 g/mol. The van der Waals surface area contributed by atoms with Crippen molar-refractivity contribution in [3.8, 4) is 5.75 Å². The van der Waals surface area contributed by atoms with Crippen LogP contribution in [0.15, 0.2) is 18.2 Å². The zero-order valence-electron chi connectivity index (χ0n) is 15.2. The number of benzene rings is 1. The quantitative estimate of drug-likeness (QED) is 0.423. The van der Waals surface area contributed by atoms with Gasteiger partial charge in [-0.1, -0.05) is 0 Å². The first-order valence-electron chi connectivity index (χ1n) is 7.82. The summed E-state index contributed by atoms with van der Waals surface area (Å²) in [4.78, 5) is 35.0. The smallest absolute Gasteiger partial charge is 0.338 e. The van der Waals surface area contributed by atoms with Crippen LogP contribution in [0.5, 0.6) is 5.75 Å². The van der Waals surface area contributed by atoms with E-state index in [2.05, 4.69) is 9.47 Å². The van der Waals surface area contributed by atoms with Crippen LogP contribution >= 0.6 is 0 Å². The fraction of sp³-hybridized carbons (Fsp3) is 0.500. The summed E-state index contributed by atoms with van der Waals surface area (Å²) < 4.78 is 20.0. The molecule has 0 aliphatic carbocycles. The summed E-state index contributed by atoms with van der Waals surface area (Å²) >= 11 is 0. The Kier molecular flexibility index (Phi) is 7.42. The molecule has 0 bridgehead atoms. The first kappa shape index (κ1) is 20.5. The Labute approximate surface area is 147 Å². The fourth-order valence-electron chi connectivity index (χ4n) is 1.95. The van der Waals surface area contributed by atoms with Crippen LogP contribution in [-0.4, -0.2) is 44.3 Å². The van der Waals surface area contributed by atoms with Crippen LogP contribution < -0.4 is 4.74 Å². The van der Waals surface area contributed by atoms with Gasteiger partial charge in [0.2, 0.25) is 0 Å². The minimum Gasteiger partial charge on any atom is -0.494 e. The molecule has 0 atom stereocenters. The third kappa shape index (κ3) is 7.24. The molecule has 0 saturated heterocycles. The predicted molar refractivity (Wildman–Crippen MR) is 89.7 cm³/mol. The van der Waals surface area contributed by atoms with E-state index in [1.807, 2.05) is 0 Å². The maximum Gasteiger partial charge on any atom is 0.338 e. The first-order chi connectivity index (χ1) is 11.7. The first-order valence-corrected chi connectivity index (χ1v) is 7.82. The van der Waals surface area contributed by atoms with Crippen molar-refractivity contribution in [1.82, 2.24) is 0 Å². The summed E-state index contributed by atoms with van der Waals surface area (Å²) in [5, 5.41) is 0. The highest BCUT2D eigenvalue weighted by Crippen LogP contribution is 2.19. The molecule has 25 heavy (non-hydrogen) atoms. The Morgan fingerprint density at radius 1 is 0.920 bits per heavy atom. The van der Waals surface area contributed by atoms with Crippen LogP contribution in [0.3, 0.4) is 0 Å². The molecule has 138 valence electrons. The van der Waals surface area contributed by atoms with Crippen LogP contribution in [0, 0.1) is 0 Å². The van der Waals surface area contributed by atoms with Crippen molar-refractivity contribution in [2.45, 2.75) is 39.2 Å². The topological polar surface area (TPSA) is 88.1 Å². The molecule has 1 aromatic carbocycles. The van der Waals surface area contributed by atoms with E-state index in [9.17, 15) is 14.4 Å². The molecule has 0 amide bonds. The van der Waals surface area contributed by atoms with Gasteiger partial charge in [0.15, 0.2) is 0 Å². The third-order valence-electron chi connectivity index (χ3n) is 2.96. The number of esters is 3. The zero-order valence-corrected chi connectivity index (χ0v) is 15.2. The van der Waals surface area contributed by atoms with Gasteiger partial charge in [0.25, 0.3) is 0 Å². The van der Waals surface area contributed by atoms with Crippen LogP contribution in [-0.2, 0) is 19.0 Å². The lowest BCUT2D eigenvalue weighted by molar-refractivity contribution is -0.155. The normalized spacial score (nSPS) is 10.8. The van der Waals surface area contributed by atoms with E-state index in [0.29, 0.717) is 12.2 Å². The lowest BCUT2D eigenvalue weighted by atomic mass is 10.1. The van der Waals surface area contributed by atoms with E-state index in [1.54, 1.807) is 20.8 Å². The minimum absolute atomic E-state index is 0.174. The average molecular weight is 352 g/mol. The van der Waals surface area contributed by atoms with Gasteiger partial charge < -0.3 is 18.9 Å². The molecule has 7 nitrogen and oxygen atoms in total. The van der Waals surface area contributed by atoms with Gasteiger partial charge in [-0.3, -0.25) is 4.79 Å². The molecule has 0 unspecified atom stereocenters. The molecule has 0 aliphatic rings. The van der Waals surface area contributed by atoms with Crippen LogP contribution in [0.2, 0.25) is 0 Å². The van der Waals surface area contributed by atoms with E-state index < -0.39 is 17.5 Å². The van der Waals surface area contributed by atoms with Gasteiger partial charge in [0, 0.05) is 6.42 Å². The van der Waals surface area contributed by atoms with Gasteiger partial charge in [-0.05, 0) is 45.4 Å². The summed E-state index contributed by atoms with van der Waals surface area (Å²) in [6.45, 7) is 5.63. The largest absolute Gasteiger partial charge is 0.494 e. The molecule has 0 aliphatic heterocycles. The van der Waals surface area contributed by atoms with Crippen molar-refractivity contribution < 1.29 is 33.3 Å². The van der Waals surface area contributed by atoms with Crippen molar-refractivity contribution in [3.63, 3.8) is 0 Å². The third-order valence-corrected chi connectivity index (χ3v) is 2.96. The standard InChI is InChI=1S/C18H24O7/c1-18(2,3)25-15(19)7-6-8-24-14-10-12(16(20)22-4)9-13(11-14)17(21)23-5/h9-11H,6-8H2,1-5H3.